The van der Waals surface area contributed by atoms with E-state index in [9.17, 15) is 30.7 Å². The van der Waals surface area contributed by atoms with E-state index in [4.69, 9.17) is 0 Å². The number of halogens is 8. The maximum absolute atomic E-state index is 15.4. The molecule has 2 aromatic carbocycles. The van der Waals surface area contributed by atoms with Crippen LogP contribution in [0.25, 0.3) is 16.6 Å². The highest BCUT2D eigenvalue weighted by atomic mass is 19.4. The van der Waals surface area contributed by atoms with Crippen LogP contribution in [0, 0.1) is 18.6 Å². The predicted octanol–water partition coefficient (Wildman–Crippen LogP) is 5.71. The number of nitrogens with one attached hydrogen (secondary N) is 1. The Morgan fingerprint density at radius 2 is 1.51 bits per heavy atom. The van der Waals surface area contributed by atoms with Crippen LogP contribution in [0.4, 0.5) is 41.1 Å². The molecule has 0 amide bonds. The van der Waals surface area contributed by atoms with E-state index >= 15 is 4.39 Å². The number of rotatable bonds is 3. The molecular formula is C25H16F8N8. The number of aryl methyl sites for hydroxylation is 1. The van der Waals surface area contributed by atoms with E-state index in [1.165, 1.54) is 36.2 Å². The number of alkyl halides is 6. The van der Waals surface area contributed by atoms with E-state index in [0.717, 1.165) is 4.90 Å². The second-order valence-corrected chi connectivity index (χ2v) is 9.29. The smallest absolute Gasteiger partial charge is 0.356 e. The van der Waals surface area contributed by atoms with Crippen LogP contribution >= 0.6 is 0 Å². The van der Waals surface area contributed by atoms with Gasteiger partial charge in [-0.2, -0.15) is 51.3 Å². The summed E-state index contributed by atoms with van der Waals surface area (Å²) < 4.78 is 111. The van der Waals surface area contributed by atoms with Crippen LogP contribution in [0.3, 0.4) is 0 Å². The first-order valence-corrected chi connectivity index (χ1v) is 12.0. The number of fused-ring (bicyclic) bond motifs is 3. The molecule has 1 aliphatic rings. The van der Waals surface area contributed by atoms with Gasteiger partial charge in [-0.25, -0.2) is 13.8 Å². The Hall–Kier alpha value is -4.63. The summed E-state index contributed by atoms with van der Waals surface area (Å²) in [5, 5.41) is 8.79. The van der Waals surface area contributed by atoms with Crippen LogP contribution in [-0.2, 0) is 18.8 Å². The van der Waals surface area contributed by atoms with Gasteiger partial charge in [-0.05, 0) is 42.7 Å². The Morgan fingerprint density at radius 1 is 0.854 bits per heavy atom. The van der Waals surface area contributed by atoms with Crippen molar-refractivity contribution >= 4 is 16.9 Å². The van der Waals surface area contributed by atoms with Crippen LogP contribution in [-0.4, -0.2) is 41.5 Å². The highest BCUT2D eigenvalue weighted by Gasteiger charge is 2.44. The molecule has 1 atom stereocenters. The molecular weight excluding hydrogens is 564 g/mol. The maximum atomic E-state index is 15.4. The number of anilines is 1. The van der Waals surface area contributed by atoms with Crippen LogP contribution in [0.2, 0.25) is 0 Å². The molecule has 5 aromatic rings. The molecule has 0 spiro atoms. The van der Waals surface area contributed by atoms with Crippen molar-refractivity contribution < 1.29 is 35.1 Å². The number of benzene rings is 2. The molecule has 0 saturated carbocycles. The third kappa shape index (κ3) is 4.52. The molecule has 8 nitrogen and oxygen atoms in total. The van der Waals surface area contributed by atoms with E-state index in [2.05, 4.69) is 30.1 Å². The van der Waals surface area contributed by atoms with E-state index < -0.39 is 47.6 Å². The lowest BCUT2D eigenvalue weighted by molar-refractivity contribution is -0.155. The van der Waals surface area contributed by atoms with E-state index in [1.807, 2.05) is 0 Å². The van der Waals surface area contributed by atoms with Gasteiger partial charge in [0.1, 0.15) is 6.04 Å². The van der Waals surface area contributed by atoms with E-state index in [-0.39, 0.29) is 29.8 Å². The Labute approximate surface area is 224 Å². The van der Waals surface area contributed by atoms with E-state index in [1.54, 1.807) is 18.2 Å². The SMILES string of the molecule is Cc1ccc([C@H]2c3[nH]c4ccc(-n5nccn5)cc4c3CCN2c2nc(C(F)(F)F)nc(C(F)(F)F)n2)c(F)c1F. The lowest BCUT2D eigenvalue weighted by atomic mass is 9.91. The van der Waals surface area contributed by atoms with Gasteiger partial charge < -0.3 is 9.88 Å². The molecule has 3 aromatic heterocycles. The molecule has 1 N–H and O–H groups in total. The van der Waals surface area contributed by atoms with Crippen molar-refractivity contribution in [2.75, 3.05) is 11.4 Å². The summed E-state index contributed by atoms with van der Waals surface area (Å²) in [6.07, 6.45) is -7.65. The molecule has 0 saturated heterocycles. The fraction of sp³-hybridized carbons (Fsp3) is 0.240. The molecule has 0 fully saturated rings. The first-order chi connectivity index (χ1) is 19.3. The summed E-state index contributed by atoms with van der Waals surface area (Å²) in [6, 6.07) is 6.15. The average molecular weight is 580 g/mol. The minimum Gasteiger partial charge on any atom is -0.356 e. The van der Waals surface area contributed by atoms with Gasteiger partial charge in [-0.15, -0.1) is 0 Å². The van der Waals surface area contributed by atoms with Crippen LogP contribution in [0.1, 0.15) is 40.1 Å². The summed E-state index contributed by atoms with van der Waals surface area (Å²) in [4.78, 5) is 14.6. The zero-order valence-corrected chi connectivity index (χ0v) is 20.7. The first-order valence-electron chi connectivity index (χ1n) is 12.0. The predicted molar refractivity (Wildman–Crippen MR) is 127 cm³/mol. The summed E-state index contributed by atoms with van der Waals surface area (Å²) in [6.45, 7) is 1.08. The maximum Gasteiger partial charge on any atom is 0.451 e. The number of aromatic nitrogens is 7. The second kappa shape index (κ2) is 9.21. The highest BCUT2D eigenvalue weighted by Crippen LogP contribution is 2.42. The summed E-state index contributed by atoms with van der Waals surface area (Å²) in [5.74, 6) is -7.64. The van der Waals surface area contributed by atoms with Gasteiger partial charge in [0.05, 0.1) is 18.1 Å². The monoisotopic (exact) mass is 580 g/mol. The van der Waals surface area contributed by atoms with Crippen molar-refractivity contribution in [3.63, 3.8) is 0 Å². The molecule has 4 heterocycles. The van der Waals surface area contributed by atoms with Crippen molar-refractivity contribution in [1.82, 2.24) is 34.9 Å². The van der Waals surface area contributed by atoms with Crippen molar-refractivity contribution in [3.8, 4) is 5.69 Å². The normalized spacial score (nSPS) is 15.9. The standard InChI is InChI=1S/C25H16F8N8/c1-11-2-4-14(18(27)17(11)26)20-19-13(15-10-12(3-5-16(15)36-19)41-34-7-8-35-41)6-9-40(20)23-38-21(24(28,29)30)37-22(39-23)25(31,32)33/h2-5,7-8,10,20,36H,6,9H2,1H3/t20-/m0/s1. The summed E-state index contributed by atoms with van der Waals surface area (Å²) in [7, 11) is 0. The van der Waals surface area contributed by atoms with Crippen molar-refractivity contribution in [3.05, 3.63) is 88.4 Å². The lowest BCUT2D eigenvalue weighted by Crippen LogP contribution is -2.39. The number of hydrogen-bond donors (Lipinski definition) is 1. The third-order valence-electron chi connectivity index (χ3n) is 6.75. The van der Waals surface area contributed by atoms with Gasteiger partial charge in [-0.1, -0.05) is 12.1 Å². The van der Waals surface area contributed by atoms with Gasteiger partial charge in [0.15, 0.2) is 11.6 Å². The van der Waals surface area contributed by atoms with Gasteiger partial charge in [-0.3, -0.25) is 0 Å². The fourth-order valence-corrected chi connectivity index (χ4v) is 4.91. The largest absolute Gasteiger partial charge is 0.451 e. The number of aromatic amines is 1. The molecule has 0 radical (unpaired) electrons. The molecule has 1 aliphatic heterocycles. The molecule has 0 aliphatic carbocycles. The topological polar surface area (TPSA) is 88.4 Å². The van der Waals surface area contributed by atoms with Crippen LogP contribution in [0.5, 0.6) is 0 Å². The molecule has 16 heteroatoms. The lowest BCUT2D eigenvalue weighted by Gasteiger charge is -2.36. The number of nitrogens with zero attached hydrogens (tertiary/aromatic N) is 7. The van der Waals surface area contributed by atoms with Gasteiger partial charge in [0.25, 0.3) is 0 Å². The average Bonchev–Trinajstić information content (AvgIpc) is 3.58. The fourth-order valence-electron chi connectivity index (χ4n) is 4.91. The molecule has 0 bridgehead atoms. The Morgan fingerprint density at radius 3 is 2.15 bits per heavy atom. The van der Waals surface area contributed by atoms with Gasteiger partial charge in [0, 0.05) is 28.7 Å². The number of H-pyrrole nitrogens is 1. The zero-order valence-electron chi connectivity index (χ0n) is 20.7. The Balaban J connectivity index is 1.59. The first kappa shape index (κ1) is 26.6. The molecule has 6 rings (SSSR count). The third-order valence-corrected chi connectivity index (χ3v) is 6.75. The van der Waals surface area contributed by atoms with Gasteiger partial charge in [0.2, 0.25) is 17.6 Å². The summed E-state index contributed by atoms with van der Waals surface area (Å²) in [5.41, 5.74) is 1.54. The Kier molecular flexibility index (Phi) is 5.97. The molecule has 41 heavy (non-hydrogen) atoms. The Bertz CT molecular complexity index is 1740. The molecule has 0 unspecified atom stereocenters. The van der Waals surface area contributed by atoms with Gasteiger partial charge >= 0.3 is 12.4 Å². The van der Waals surface area contributed by atoms with Crippen molar-refractivity contribution in [1.29, 1.82) is 0 Å². The zero-order chi connectivity index (χ0) is 29.3. The van der Waals surface area contributed by atoms with Crippen molar-refractivity contribution in [2.24, 2.45) is 0 Å². The summed E-state index contributed by atoms with van der Waals surface area (Å²) >= 11 is 0. The minimum atomic E-state index is -5.34. The second-order valence-electron chi connectivity index (χ2n) is 9.29. The quantitative estimate of drug-likeness (QED) is 0.275. The highest BCUT2D eigenvalue weighted by molar-refractivity contribution is 5.87. The van der Waals surface area contributed by atoms with Crippen LogP contribution < -0.4 is 4.90 Å². The number of hydrogen-bond acceptors (Lipinski definition) is 6. The van der Waals surface area contributed by atoms with Crippen LogP contribution in [0.15, 0.2) is 42.7 Å². The minimum absolute atomic E-state index is 0.0410. The van der Waals surface area contributed by atoms with E-state index in [0.29, 0.717) is 22.2 Å². The van der Waals surface area contributed by atoms with Crippen molar-refractivity contribution in [2.45, 2.75) is 31.7 Å². The molecule has 212 valence electrons.